The zero-order chi connectivity index (χ0) is 15.4. The van der Waals surface area contributed by atoms with Crippen LogP contribution < -0.4 is 22.3 Å². The van der Waals surface area contributed by atoms with Crippen molar-refractivity contribution in [3.05, 3.63) is 20.8 Å². The molecule has 7 nitrogen and oxygen atoms in total. The first-order valence-corrected chi connectivity index (χ1v) is 6.73. The molecule has 1 unspecified atom stereocenters. The Morgan fingerprint density at radius 2 is 1.90 bits per heavy atom. The molecule has 4 N–H and O–H groups in total. The zero-order valence-electron chi connectivity index (χ0n) is 12.5. The predicted octanol–water partition coefficient (Wildman–Crippen LogP) is -0.174. The average Bonchev–Trinajstić information content (AvgIpc) is 2.40. The first-order chi connectivity index (χ1) is 9.29. The molecule has 0 fully saturated rings. The van der Waals surface area contributed by atoms with E-state index in [-0.39, 0.29) is 29.9 Å². The van der Waals surface area contributed by atoms with Crippen LogP contribution in [0.4, 0.5) is 11.5 Å². The maximum atomic E-state index is 12.1. The third-order valence-corrected chi connectivity index (χ3v) is 3.07. The smallest absolute Gasteiger partial charge is 0.332 e. The van der Waals surface area contributed by atoms with Gasteiger partial charge >= 0.3 is 5.69 Å². The summed E-state index contributed by atoms with van der Waals surface area (Å²) in [5.74, 6) is 0.373. The fraction of sp³-hybridized carbons (Fsp3) is 0.692. The van der Waals surface area contributed by atoms with Crippen molar-refractivity contribution < 1.29 is 5.11 Å². The number of hydrogen-bond acceptors (Lipinski definition) is 5. The summed E-state index contributed by atoms with van der Waals surface area (Å²) in [6.45, 7) is 6.66. The number of aliphatic hydroxyl groups is 1. The van der Waals surface area contributed by atoms with E-state index in [0.29, 0.717) is 13.1 Å². The lowest BCUT2D eigenvalue weighted by Crippen LogP contribution is -2.41. The van der Waals surface area contributed by atoms with E-state index in [1.807, 2.05) is 20.8 Å². The molecule has 0 saturated heterocycles. The zero-order valence-corrected chi connectivity index (χ0v) is 12.5. The Labute approximate surface area is 118 Å². The second-order valence-corrected chi connectivity index (χ2v) is 5.58. The molecule has 0 aromatic carbocycles. The number of rotatable bonds is 6. The van der Waals surface area contributed by atoms with E-state index in [2.05, 4.69) is 5.32 Å². The summed E-state index contributed by atoms with van der Waals surface area (Å²) in [7, 11) is 1.43. The van der Waals surface area contributed by atoms with E-state index in [1.165, 1.54) is 11.6 Å². The molecule has 1 aromatic heterocycles. The van der Waals surface area contributed by atoms with E-state index in [9.17, 15) is 9.59 Å². The van der Waals surface area contributed by atoms with Crippen LogP contribution in [0.1, 0.15) is 20.8 Å². The van der Waals surface area contributed by atoms with Gasteiger partial charge in [-0.25, -0.2) is 4.79 Å². The van der Waals surface area contributed by atoms with Crippen molar-refractivity contribution in [2.45, 2.75) is 27.3 Å². The number of nitrogens with zero attached hydrogens (tertiary/aromatic N) is 2. The number of nitrogens with one attached hydrogen (secondary N) is 1. The molecule has 7 heteroatoms. The monoisotopic (exact) mass is 284 g/mol. The van der Waals surface area contributed by atoms with Gasteiger partial charge < -0.3 is 16.2 Å². The second kappa shape index (κ2) is 6.60. The van der Waals surface area contributed by atoms with Gasteiger partial charge in [-0.1, -0.05) is 20.8 Å². The van der Waals surface area contributed by atoms with Gasteiger partial charge in [0.2, 0.25) is 0 Å². The van der Waals surface area contributed by atoms with E-state index >= 15 is 0 Å². The van der Waals surface area contributed by atoms with Crippen LogP contribution in [0.15, 0.2) is 9.59 Å². The van der Waals surface area contributed by atoms with Crippen molar-refractivity contribution in [3.63, 3.8) is 0 Å². The molecule has 1 heterocycles. The standard InChI is InChI=1S/C13H24N4O3/c1-8(2)6-17-11(14)10(15-5-9(3)7-18)12(19)16(4)13(17)20/h8-9,15,18H,5-7,14H2,1-4H3. The third kappa shape index (κ3) is 3.41. The molecular weight excluding hydrogens is 260 g/mol. The molecule has 0 saturated carbocycles. The SMILES string of the molecule is CC(C)Cn1c(N)c(NCC(C)CO)c(=O)n(C)c1=O. The molecule has 1 aromatic rings. The lowest BCUT2D eigenvalue weighted by molar-refractivity contribution is 0.244. The molecule has 0 amide bonds. The highest BCUT2D eigenvalue weighted by atomic mass is 16.3. The third-order valence-electron chi connectivity index (χ3n) is 3.07. The summed E-state index contributed by atoms with van der Waals surface area (Å²) < 4.78 is 2.45. The maximum absolute atomic E-state index is 12.1. The van der Waals surface area contributed by atoms with Crippen molar-refractivity contribution in [1.82, 2.24) is 9.13 Å². The summed E-state index contributed by atoms with van der Waals surface area (Å²) >= 11 is 0. The van der Waals surface area contributed by atoms with E-state index in [0.717, 1.165) is 4.57 Å². The van der Waals surface area contributed by atoms with Crippen LogP contribution in [0.3, 0.4) is 0 Å². The van der Waals surface area contributed by atoms with Crippen molar-refractivity contribution in [3.8, 4) is 0 Å². The quantitative estimate of drug-likeness (QED) is 0.673. The second-order valence-electron chi connectivity index (χ2n) is 5.58. The highest BCUT2D eigenvalue weighted by Crippen LogP contribution is 2.13. The van der Waals surface area contributed by atoms with Gasteiger partial charge in [-0.15, -0.1) is 0 Å². The molecule has 0 aliphatic carbocycles. The Bertz CT molecular complexity index is 574. The summed E-state index contributed by atoms with van der Waals surface area (Å²) in [5.41, 5.74) is 5.31. The fourth-order valence-corrected chi connectivity index (χ4v) is 1.83. The topological polar surface area (TPSA) is 102 Å². The van der Waals surface area contributed by atoms with Gasteiger partial charge in [0.25, 0.3) is 5.56 Å². The lowest BCUT2D eigenvalue weighted by atomic mass is 10.2. The van der Waals surface area contributed by atoms with Crippen LogP contribution in [-0.4, -0.2) is 27.4 Å². The van der Waals surface area contributed by atoms with Crippen LogP contribution in [0.5, 0.6) is 0 Å². The van der Waals surface area contributed by atoms with Crippen molar-refractivity contribution in [1.29, 1.82) is 0 Å². The van der Waals surface area contributed by atoms with Gasteiger partial charge in [-0.3, -0.25) is 13.9 Å². The van der Waals surface area contributed by atoms with E-state index in [4.69, 9.17) is 10.8 Å². The minimum Gasteiger partial charge on any atom is -0.396 e. The van der Waals surface area contributed by atoms with E-state index < -0.39 is 11.2 Å². The first-order valence-electron chi connectivity index (χ1n) is 6.73. The fourth-order valence-electron chi connectivity index (χ4n) is 1.83. The molecule has 0 bridgehead atoms. The normalized spacial score (nSPS) is 12.7. The summed E-state index contributed by atoms with van der Waals surface area (Å²) in [5, 5.41) is 11.9. The van der Waals surface area contributed by atoms with Crippen LogP contribution in [-0.2, 0) is 13.6 Å². The Hall–Kier alpha value is -1.76. The van der Waals surface area contributed by atoms with Gasteiger partial charge in [-0.05, 0) is 11.8 Å². The van der Waals surface area contributed by atoms with Gasteiger partial charge in [0, 0.05) is 26.7 Å². The van der Waals surface area contributed by atoms with E-state index in [1.54, 1.807) is 0 Å². The van der Waals surface area contributed by atoms with Crippen LogP contribution in [0, 0.1) is 11.8 Å². The molecule has 114 valence electrons. The molecule has 0 aliphatic heterocycles. The Morgan fingerprint density at radius 1 is 1.30 bits per heavy atom. The molecule has 1 atom stereocenters. The van der Waals surface area contributed by atoms with Gasteiger partial charge in [0.1, 0.15) is 11.5 Å². The van der Waals surface area contributed by atoms with Gasteiger partial charge in [0.15, 0.2) is 0 Å². The summed E-state index contributed by atoms with van der Waals surface area (Å²) in [6.07, 6.45) is 0. The molecule has 1 rings (SSSR count). The predicted molar refractivity (Wildman–Crippen MR) is 79.9 cm³/mol. The largest absolute Gasteiger partial charge is 0.396 e. The minimum atomic E-state index is -0.447. The minimum absolute atomic E-state index is 0.00965. The molecule has 0 aliphatic rings. The first kappa shape index (κ1) is 16.3. The number of anilines is 2. The Morgan fingerprint density at radius 3 is 2.40 bits per heavy atom. The van der Waals surface area contributed by atoms with Gasteiger partial charge in [0.05, 0.1) is 0 Å². The summed E-state index contributed by atoms with van der Waals surface area (Å²) in [6, 6.07) is 0. The number of nitrogens with two attached hydrogens (primary N) is 1. The number of nitrogen functional groups attached to an aromatic ring is 1. The average molecular weight is 284 g/mol. The number of aliphatic hydroxyl groups excluding tert-OH is 1. The van der Waals surface area contributed by atoms with Crippen molar-refractivity contribution in [2.24, 2.45) is 18.9 Å². The van der Waals surface area contributed by atoms with Crippen LogP contribution in [0.2, 0.25) is 0 Å². The molecule has 20 heavy (non-hydrogen) atoms. The number of aromatic nitrogens is 2. The highest BCUT2D eigenvalue weighted by Gasteiger charge is 2.16. The van der Waals surface area contributed by atoms with Crippen molar-refractivity contribution in [2.75, 3.05) is 24.2 Å². The molecule has 0 radical (unpaired) electrons. The summed E-state index contributed by atoms with van der Waals surface area (Å²) in [4.78, 5) is 24.2. The van der Waals surface area contributed by atoms with Crippen LogP contribution >= 0.6 is 0 Å². The van der Waals surface area contributed by atoms with Gasteiger partial charge in [-0.2, -0.15) is 0 Å². The lowest BCUT2D eigenvalue weighted by Gasteiger charge is -2.18. The highest BCUT2D eigenvalue weighted by molar-refractivity contribution is 5.60. The Kier molecular flexibility index (Phi) is 5.38. The number of hydrogen-bond donors (Lipinski definition) is 3. The van der Waals surface area contributed by atoms with Crippen molar-refractivity contribution >= 4 is 11.5 Å². The maximum Gasteiger partial charge on any atom is 0.332 e. The van der Waals surface area contributed by atoms with Crippen LogP contribution in [0.25, 0.3) is 0 Å². The molecule has 0 spiro atoms. The molecular formula is C13H24N4O3. The Balaban J connectivity index is 3.27.